The zero-order valence-electron chi connectivity index (χ0n) is 8.57. The first kappa shape index (κ1) is 9.71. The Labute approximate surface area is 87.1 Å². The van der Waals surface area contributed by atoms with Gasteiger partial charge in [0.15, 0.2) is 0 Å². The third-order valence-electron chi connectivity index (χ3n) is 2.16. The Kier molecular flexibility index (Phi) is 2.41. The molecule has 0 aliphatic heterocycles. The Bertz CT molecular complexity index is 462. The average molecular weight is 206 g/mol. The van der Waals surface area contributed by atoms with Crippen molar-refractivity contribution in [2.75, 3.05) is 7.11 Å². The molecule has 0 unspecified atom stereocenters. The van der Waals surface area contributed by atoms with Gasteiger partial charge < -0.3 is 4.74 Å². The van der Waals surface area contributed by atoms with Gasteiger partial charge in [-0.3, -0.25) is 0 Å². The lowest BCUT2D eigenvalue weighted by molar-refractivity contribution is 0.381. The molecule has 1 aromatic carbocycles. The first-order valence-electron chi connectivity index (χ1n) is 4.57. The normalized spacial score (nSPS) is 10.3. The molecule has 0 atom stereocenters. The summed E-state index contributed by atoms with van der Waals surface area (Å²) in [5.41, 5.74) is 1.73. The molecule has 0 bridgehead atoms. The lowest BCUT2D eigenvalue weighted by Gasteiger charge is -2.06. The lowest BCUT2D eigenvalue weighted by atomic mass is 10.3. The van der Waals surface area contributed by atoms with Crippen LogP contribution >= 0.6 is 0 Å². The van der Waals surface area contributed by atoms with Crippen LogP contribution in [0.2, 0.25) is 0 Å². The van der Waals surface area contributed by atoms with E-state index < -0.39 is 0 Å². The van der Waals surface area contributed by atoms with Gasteiger partial charge in [-0.1, -0.05) is 0 Å². The lowest BCUT2D eigenvalue weighted by Crippen LogP contribution is -2.00. The van der Waals surface area contributed by atoms with E-state index >= 15 is 0 Å². The van der Waals surface area contributed by atoms with Crippen LogP contribution in [0.5, 0.6) is 5.88 Å². The molecule has 0 saturated heterocycles. The first-order valence-corrected chi connectivity index (χ1v) is 4.57. The van der Waals surface area contributed by atoms with Crippen molar-refractivity contribution in [3.8, 4) is 11.6 Å². The Hall–Kier alpha value is -1.84. The van der Waals surface area contributed by atoms with Gasteiger partial charge >= 0.3 is 0 Å². The standard InChI is InChI=1S/C11H11FN2O/c1-8-7-13-14(11(8)15-2)10-5-3-9(12)4-6-10/h3-7H,1-2H3. The van der Waals surface area contributed by atoms with Crippen molar-refractivity contribution in [1.82, 2.24) is 9.78 Å². The molecular formula is C11H11FN2O. The fourth-order valence-corrected chi connectivity index (χ4v) is 1.43. The number of benzene rings is 1. The molecular weight excluding hydrogens is 195 g/mol. The molecule has 1 heterocycles. The third kappa shape index (κ3) is 1.70. The van der Waals surface area contributed by atoms with Crippen LogP contribution < -0.4 is 4.74 Å². The van der Waals surface area contributed by atoms with E-state index in [4.69, 9.17) is 4.74 Å². The van der Waals surface area contributed by atoms with E-state index in [9.17, 15) is 4.39 Å². The highest BCUT2D eigenvalue weighted by Gasteiger charge is 2.08. The minimum atomic E-state index is -0.262. The van der Waals surface area contributed by atoms with Gasteiger partial charge in [-0.05, 0) is 31.2 Å². The van der Waals surface area contributed by atoms with Crippen molar-refractivity contribution in [2.45, 2.75) is 6.92 Å². The van der Waals surface area contributed by atoms with Gasteiger partial charge in [0.1, 0.15) is 5.82 Å². The fourth-order valence-electron chi connectivity index (χ4n) is 1.43. The van der Waals surface area contributed by atoms with Crippen LogP contribution in [0.1, 0.15) is 5.56 Å². The van der Waals surface area contributed by atoms with Gasteiger partial charge in [-0.2, -0.15) is 5.10 Å². The number of hydrogen-bond donors (Lipinski definition) is 0. The second-order valence-corrected chi connectivity index (χ2v) is 3.23. The molecule has 0 amide bonds. The largest absolute Gasteiger partial charge is 0.481 e. The summed E-state index contributed by atoms with van der Waals surface area (Å²) in [5.74, 6) is 0.406. The van der Waals surface area contributed by atoms with Crippen LogP contribution in [0.3, 0.4) is 0 Å². The summed E-state index contributed by atoms with van der Waals surface area (Å²) in [6.07, 6.45) is 1.71. The maximum atomic E-state index is 12.7. The van der Waals surface area contributed by atoms with Crippen molar-refractivity contribution in [3.63, 3.8) is 0 Å². The molecule has 0 radical (unpaired) electrons. The molecule has 0 saturated carbocycles. The maximum Gasteiger partial charge on any atom is 0.219 e. The Morgan fingerprint density at radius 1 is 1.27 bits per heavy atom. The summed E-state index contributed by atoms with van der Waals surface area (Å²) < 4.78 is 19.6. The van der Waals surface area contributed by atoms with E-state index in [2.05, 4.69) is 5.10 Å². The van der Waals surface area contributed by atoms with E-state index in [1.54, 1.807) is 30.1 Å². The Morgan fingerprint density at radius 3 is 2.53 bits per heavy atom. The molecule has 0 aliphatic rings. The SMILES string of the molecule is COc1c(C)cnn1-c1ccc(F)cc1. The molecule has 0 fully saturated rings. The topological polar surface area (TPSA) is 27.1 Å². The van der Waals surface area contributed by atoms with Gasteiger partial charge in [0.25, 0.3) is 0 Å². The quantitative estimate of drug-likeness (QED) is 0.754. The summed E-state index contributed by atoms with van der Waals surface area (Å²) in [7, 11) is 1.59. The van der Waals surface area contributed by atoms with E-state index in [-0.39, 0.29) is 5.82 Å². The van der Waals surface area contributed by atoms with Crippen LogP contribution in [0.15, 0.2) is 30.5 Å². The van der Waals surface area contributed by atoms with E-state index in [1.807, 2.05) is 6.92 Å². The van der Waals surface area contributed by atoms with Crippen LogP contribution in [0, 0.1) is 12.7 Å². The number of ether oxygens (including phenoxy) is 1. The second kappa shape index (κ2) is 3.73. The molecule has 78 valence electrons. The average Bonchev–Trinajstić information content (AvgIpc) is 2.61. The number of halogens is 1. The van der Waals surface area contributed by atoms with Gasteiger partial charge in [0.05, 0.1) is 19.0 Å². The second-order valence-electron chi connectivity index (χ2n) is 3.23. The first-order chi connectivity index (χ1) is 7.22. The summed E-state index contributed by atoms with van der Waals surface area (Å²) in [4.78, 5) is 0. The van der Waals surface area contributed by atoms with E-state index in [0.717, 1.165) is 11.3 Å². The molecule has 2 aromatic rings. The third-order valence-corrected chi connectivity index (χ3v) is 2.16. The molecule has 1 aromatic heterocycles. The molecule has 0 aliphatic carbocycles. The smallest absolute Gasteiger partial charge is 0.219 e. The van der Waals surface area contributed by atoms with Crippen molar-refractivity contribution in [2.24, 2.45) is 0 Å². The van der Waals surface area contributed by atoms with Crippen molar-refractivity contribution in [1.29, 1.82) is 0 Å². The van der Waals surface area contributed by atoms with E-state index in [0.29, 0.717) is 5.88 Å². The minimum Gasteiger partial charge on any atom is -0.481 e. The zero-order chi connectivity index (χ0) is 10.8. The van der Waals surface area contributed by atoms with Crippen molar-refractivity contribution in [3.05, 3.63) is 41.8 Å². The van der Waals surface area contributed by atoms with Crippen LogP contribution in [-0.2, 0) is 0 Å². The Balaban J connectivity index is 2.49. The number of hydrogen-bond acceptors (Lipinski definition) is 2. The van der Waals surface area contributed by atoms with Crippen LogP contribution in [0.25, 0.3) is 5.69 Å². The zero-order valence-corrected chi connectivity index (χ0v) is 8.57. The molecule has 2 rings (SSSR count). The number of nitrogens with zero attached hydrogens (tertiary/aromatic N) is 2. The summed E-state index contributed by atoms with van der Waals surface area (Å²) >= 11 is 0. The fraction of sp³-hybridized carbons (Fsp3) is 0.182. The van der Waals surface area contributed by atoms with Gasteiger partial charge in [-0.25, -0.2) is 9.07 Å². The number of rotatable bonds is 2. The van der Waals surface area contributed by atoms with Crippen LogP contribution in [0.4, 0.5) is 4.39 Å². The Morgan fingerprint density at radius 2 is 1.93 bits per heavy atom. The summed E-state index contributed by atoms with van der Waals surface area (Å²) in [5, 5.41) is 4.16. The maximum absolute atomic E-state index is 12.7. The van der Waals surface area contributed by atoms with Gasteiger partial charge in [0.2, 0.25) is 5.88 Å². The highest BCUT2D eigenvalue weighted by molar-refractivity contribution is 5.37. The number of aryl methyl sites for hydroxylation is 1. The predicted molar refractivity (Wildman–Crippen MR) is 54.8 cm³/mol. The molecule has 15 heavy (non-hydrogen) atoms. The summed E-state index contributed by atoms with van der Waals surface area (Å²) in [6.45, 7) is 1.91. The minimum absolute atomic E-state index is 0.262. The van der Waals surface area contributed by atoms with Gasteiger partial charge in [0, 0.05) is 5.56 Å². The number of methoxy groups -OCH3 is 1. The summed E-state index contributed by atoms with van der Waals surface area (Å²) in [6, 6.07) is 6.10. The monoisotopic (exact) mass is 206 g/mol. The van der Waals surface area contributed by atoms with Gasteiger partial charge in [-0.15, -0.1) is 0 Å². The van der Waals surface area contributed by atoms with Crippen LogP contribution in [-0.4, -0.2) is 16.9 Å². The van der Waals surface area contributed by atoms with E-state index in [1.165, 1.54) is 12.1 Å². The molecule has 0 N–H and O–H groups in total. The van der Waals surface area contributed by atoms with Crippen molar-refractivity contribution < 1.29 is 9.13 Å². The molecule has 4 heteroatoms. The highest BCUT2D eigenvalue weighted by Crippen LogP contribution is 2.21. The number of aromatic nitrogens is 2. The highest BCUT2D eigenvalue weighted by atomic mass is 19.1. The molecule has 0 spiro atoms. The predicted octanol–water partition coefficient (Wildman–Crippen LogP) is 2.33. The van der Waals surface area contributed by atoms with Crippen molar-refractivity contribution >= 4 is 0 Å². The molecule has 3 nitrogen and oxygen atoms in total.